The van der Waals surface area contributed by atoms with Crippen molar-refractivity contribution in [1.82, 2.24) is 30.0 Å². The second-order valence-corrected chi connectivity index (χ2v) is 7.40. The molecule has 1 atom stereocenters. The van der Waals surface area contributed by atoms with Crippen LogP contribution in [0.5, 0.6) is 5.75 Å². The van der Waals surface area contributed by atoms with E-state index in [0.29, 0.717) is 49.0 Å². The van der Waals surface area contributed by atoms with Crippen molar-refractivity contribution < 1.29 is 14.3 Å². The topological polar surface area (TPSA) is 85.6 Å². The molecule has 10 heteroatoms. The van der Waals surface area contributed by atoms with Gasteiger partial charge in [0.2, 0.25) is 0 Å². The zero-order chi connectivity index (χ0) is 20.3. The molecule has 0 N–H and O–H groups in total. The van der Waals surface area contributed by atoms with E-state index in [1.807, 2.05) is 14.1 Å². The van der Waals surface area contributed by atoms with Gasteiger partial charge in [-0.15, -0.1) is 5.10 Å². The molecule has 1 unspecified atom stereocenters. The molecule has 1 aromatic carbocycles. The summed E-state index contributed by atoms with van der Waals surface area (Å²) in [5, 5.41) is 12.7. The molecule has 0 spiro atoms. The van der Waals surface area contributed by atoms with E-state index in [9.17, 15) is 4.79 Å². The van der Waals surface area contributed by atoms with Crippen molar-refractivity contribution >= 4 is 17.5 Å². The van der Waals surface area contributed by atoms with Crippen LogP contribution in [0.2, 0.25) is 5.02 Å². The number of ether oxygens (including phenoxy) is 2. The fourth-order valence-corrected chi connectivity index (χ4v) is 3.77. The first-order valence-electron chi connectivity index (χ1n) is 8.99. The quantitative estimate of drug-likeness (QED) is 0.682. The second-order valence-electron chi connectivity index (χ2n) is 6.97. The van der Waals surface area contributed by atoms with Gasteiger partial charge in [0.15, 0.2) is 5.82 Å². The number of nitrogens with zero attached hydrogens (tertiary/aromatic N) is 6. The fraction of sp³-hybridized carbons (Fsp3) is 0.556. The van der Waals surface area contributed by atoms with E-state index < -0.39 is 5.54 Å². The number of likely N-dealkylation sites (tertiary alicyclic amines) is 1. The highest BCUT2D eigenvalue weighted by Crippen LogP contribution is 2.36. The summed E-state index contributed by atoms with van der Waals surface area (Å²) in [5.41, 5.74) is -0.0397. The van der Waals surface area contributed by atoms with E-state index in [-0.39, 0.29) is 5.91 Å². The van der Waals surface area contributed by atoms with Crippen molar-refractivity contribution in [3.8, 4) is 5.75 Å². The molecule has 1 aliphatic heterocycles. The number of likely N-dealkylation sites (N-methyl/N-ethyl adjacent to an activating group) is 1. The summed E-state index contributed by atoms with van der Waals surface area (Å²) in [6.07, 6.45) is 0.710. The van der Waals surface area contributed by atoms with Crippen molar-refractivity contribution in [2.24, 2.45) is 0 Å². The molecule has 0 aliphatic carbocycles. The Labute approximate surface area is 169 Å². The van der Waals surface area contributed by atoms with Gasteiger partial charge in [0, 0.05) is 25.2 Å². The van der Waals surface area contributed by atoms with E-state index in [1.54, 1.807) is 34.9 Å². The smallest absolute Gasteiger partial charge is 0.257 e. The number of hydrogen-bond acceptors (Lipinski definition) is 7. The minimum Gasteiger partial charge on any atom is -0.496 e. The maximum absolute atomic E-state index is 13.2. The highest BCUT2D eigenvalue weighted by molar-refractivity contribution is 6.31. The standard InChI is InChI=1S/C18H25ClN6O3/c1-23(2)18(17-20-21-22-25(17)9-10-27-3)7-8-24(12-18)16(26)14-11-13(19)5-6-15(14)28-4/h5-6,11H,7-10,12H2,1-4H3. The number of carbonyl (C=O) groups is 1. The van der Waals surface area contributed by atoms with Crippen LogP contribution < -0.4 is 4.74 Å². The molecule has 9 nitrogen and oxygen atoms in total. The summed E-state index contributed by atoms with van der Waals surface area (Å²) in [6, 6.07) is 5.05. The van der Waals surface area contributed by atoms with Crippen LogP contribution in [0.1, 0.15) is 22.6 Å². The maximum Gasteiger partial charge on any atom is 0.257 e. The summed E-state index contributed by atoms with van der Waals surface area (Å²) in [4.78, 5) is 17.1. The van der Waals surface area contributed by atoms with Gasteiger partial charge in [0.25, 0.3) is 5.91 Å². The normalized spacial score (nSPS) is 19.4. The number of amides is 1. The van der Waals surface area contributed by atoms with Crippen molar-refractivity contribution in [1.29, 1.82) is 0 Å². The Balaban J connectivity index is 1.90. The van der Waals surface area contributed by atoms with E-state index in [0.717, 1.165) is 5.82 Å². The third-order valence-corrected chi connectivity index (χ3v) is 5.47. The molecule has 1 fully saturated rings. The molecule has 0 radical (unpaired) electrons. The van der Waals surface area contributed by atoms with Crippen LogP contribution in [0.4, 0.5) is 0 Å². The largest absolute Gasteiger partial charge is 0.496 e. The average Bonchev–Trinajstić information content (AvgIpc) is 3.33. The van der Waals surface area contributed by atoms with E-state index in [1.165, 1.54) is 7.11 Å². The van der Waals surface area contributed by atoms with Gasteiger partial charge < -0.3 is 14.4 Å². The lowest BCUT2D eigenvalue weighted by atomic mass is 9.96. The molecule has 3 rings (SSSR count). The van der Waals surface area contributed by atoms with Gasteiger partial charge in [0.05, 0.1) is 25.8 Å². The summed E-state index contributed by atoms with van der Waals surface area (Å²) in [5.74, 6) is 1.10. The second kappa shape index (κ2) is 8.42. The van der Waals surface area contributed by atoms with Gasteiger partial charge in [-0.1, -0.05) is 11.6 Å². The zero-order valence-electron chi connectivity index (χ0n) is 16.6. The van der Waals surface area contributed by atoms with Crippen molar-refractivity contribution in [2.75, 3.05) is 48.0 Å². The van der Waals surface area contributed by atoms with Gasteiger partial charge in [-0.05, 0) is 49.1 Å². The Morgan fingerprint density at radius 1 is 1.36 bits per heavy atom. The Bertz CT molecular complexity index is 842. The Morgan fingerprint density at radius 2 is 2.14 bits per heavy atom. The molecular formula is C18H25ClN6O3. The Morgan fingerprint density at radius 3 is 2.82 bits per heavy atom. The lowest BCUT2D eigenvalue weighted by Gasteiger charge is -2.34. The molecule has 1 saturated heterocycles. The molecule has 28 heavy (non-hydrogen) atoms. The Kier molecular flexibility index (Phi) is 6.17. The average molecular weight is 409 g/mol. The number of carbonyl (C=O) groups excluding carboxylic acids is 1. The zero-order valence-corrected chi connectivity index (χ0v) is 17.3. The molecule has 1 aromatic heterocycles. The first-order chi connectivity index (χ1) is 13.4. The minimum atomic E-state index is -0.487. The van der Waals surface area contributed by atoms with E-state index in [2.05, 4.69) is 20.4 Å². The van der Waals surface area contributed by atoms with Gasteiger partial charge in [-0.2, -0.15) is 0 Å². The van der Waals surface area contributed by atoms with Crippen molar-refractivity contribution in [3.05, 3.63) is 34.6 Å². The first-order valence-corrected chi connectivity index (χ1v) is 9.36. The summed E-state index contributed by atoms with van der Waals surface area (Å²) in [7, 11) is 7.13. The van der Waals surface area contributed by atoms with Crippen LogP contribution >= 0.6 is 11.6 Å². The van der Waals surface area contributed by atoms with E-state index >= 15 is 0 Å². The lowest BCUT2D eigenvalue weighted by Crippen LogP contribution is -2.47. The van der Waals surface area contributed by atoms with Gasteiger partial charge in [0.1, 0.15) is 11.3 Å². The maximum atomic E-state index is 13.2. The van der Waals surface area contributed by atoms with Gasteiger partial charge in [-0.3, -0.25) is 9.69 Å². The van der Waals surface area contributed by atoms with Crippen LogP contribution in [-0.2, 0) is 16.8 Å². The van der Waals surface area contributed by atoms with Gasteiger partial charge in [-0.25, -0.2) is 4.68 Å². The Hall–Kier alpha value is -2.23. The molecule has 1 aliphatic rings. The molecule has 0 saturated carbocycles. The first kappa shape index (κ1) is 20.5. The minimum absolute atomic E-state index is 0.126. The van der Waals surface area contributed by atoms with E-state index in [4.69, 9.17) is 21.1 Å². The molecule has 0 bridgehead atoms. The third kappa shape index (κ3) is 3.69. The van der Waals surface area contributed by atoms with Crippen LogP contribution in [0, 0.1) is 0 Å². The highest BCUT2D eigenvalue weighted by atomic mass is 35.5. The molecule has 2 aromatic rings. The number of benzene rings is 1. The number of hydrogen-bond donors (Lipinski definition) is 0. The predicted molar refractivity (Wildman–Crippen MR) is 104 cm³/mol. The molecule has 2 heterocycles. The fourth-order valence-electron chi connectivity index (χ4n) is 3.60. The number of halogens is 1. The summed E-state index contributed by atoms with van der Waals surface area (Å²) >= 11 is 6.11. The summed E-state index contributed by atoms with van der Waals surface area (Å²) in [6.45, 7) is 2.08. The van der Waals surface area contributed by atoms with Crippen LogP contribution in [0.25, 0.3) is 0 Å². The van der Waals surface area contributed by atoms with Crippen LogP contribution in [0.15, 0.2) is 18.2 Å². The molecular weight excluding hydrogens is 384 g/mol. The SMILES string of the molecule is COCCn1nnnc1C1(N(C)C)CCN(C(=O)c2cc(Cl)ccc2OC)C1. The van der Waals surface area contributed by atoms with Crippen LogP contribution in [0.3, 0.4) is 0 Å². The number of tetrazole rings is 1. The van der Waals surface area contributed by atoms with Gasteiger partial charge >= 0.3 is 0 Å². The summed E-state index contributed by atoms with van der Waals surface area (Å²) < 4.78 is 12.3. The molecule has 152 valence electrons. The van der Waals surface area contributed by atoms with Crippen molar-refractivity contribution in [3.63, 3.8) is 0 Å². The lowest BCUT2D eigenvalue weighted by molar-refractivity contribution is 0.0733. The number of rotatable bonds is 7. The van der Waals surface area contributed by atoms with Crippen LogP contribution in [-0.4, -0.2) is 83.9 Å². The highest BCUT2D eigenvalue weighted by Gasteiger charge is 2.47. The third-order valence-electron chi connectivity index (χ3n) is 5.24. The molecule has 1 amide bonds. The predicted octanol–water partition coefficient (Wildman–Crippen LogP) is 1.28. The number of methoxy groups -OCH3 is 2. The number of aromatic nitrogens is 4. The monoisotopic (exact) mass is 408 g/mol. The van der Waals surface area contributed by atoms with Crippen molar-refractivity contribution in [2.45, 2.75) is 18.5 Å².